The van der Waals surface area contributed by atoms with E-state index < -0.39 is 11.2 Å². The SMILES string of the molecule is CCCC(CCC)=N/N=C1/SC(CC(=O)O)C(=O)N1c1ccccc1. The van der Waals surface area contributed by atoms with Crippen LogP contribution in [0.15, 0.2) is 40.5 Å². The monoisotopic (exact) mass is 361 g/mol. The maximum Gasteiger partial charge on any atom is 0.305 e. The summed E-state index contributed by atoms with van der Waals surface area (Å²) in [6, 6.07) is 9.14. The zero-order valence-electron chi connectivity index (χ0n) is 14.5. The second-order valence-corrected chi connectivity index (χ2v) is 6.93. The van der Waals surface area contributed by atoms with Gasteiger partial charge in [0.25, 0.3) is 0 Å². The van der Waals surface area contributed by atoms with E-state index in [4.69, 9.17) is 5.11 Å². The lowest BCUT2D eigenvalue weighted by atomic mass is 10.1. The number of amidine groups is 1. The molecule has 2 rings (SSSR count). The third-order valence-electron chi connectivity index (χ3n) is 3.66. The van der Waals surface area contributed by atoms with Gasteiger partial charge in [-0.3, -0.25) is 14.5 Å². The van der Waals surface area contributed by atoms with Crippen LogP contribution in [0.3, 0.4) is 0 Å². The molecule has 1 aromatic carbocycles. The van der Waals surface area contributed by atoms with Crippen LogP contribution in [0.25, 0.3) is 0 Å². The van der Waals surface area contributed by atoms with Crippen molar-refractivity contribution >= 4 is 40.2 Å². The molecule has 1 amide bonds. The molecule has 1 N–H and O–H groups in total. The maximum absolute atomic E-state index is 12.7. The Kier molecular flexibility index (Phi) is 7.18. The first kappa shape index (κ1) is 19.2. The molecule has 1 unspecified atom stereocenters. The van der Waals surface area contributed by atoms with Crippen LogP contribution in [0.5, 0.6) is 0 Å². The van der Waals surface area contributed by atoms with Gasteiger partial charge < -0.3 is 5.11 Å². The molecule has 7 heteroatoms. The van der Waals surface area contributed by atoms with Gasteiger partial charge in [-0.2, -0.15) is 5.10 Å². The Labute approximate surface area is 152 Å². The zero-order valence-corrected chi connectivity index (χ0v) is 15.3. The molecule has 134 valence electrons. The summed E-state index contributed by atoms with van der Waals surface area (Å²) in [5, 5.41) is 17.5. The van der Waals surface area contributed by atoms with E-state index in [0.29, 0.717) is 10.9 Å². The lowest BCUT2D eigenvalue weighted by molar-refractivity contribution is -0.138. The largest absolute Gasteiger partial charge is 0.481 e. The maximum atomic E-state index is 12.7. The second kappa shape index (κ2) is 9.36. The molecule has 1 aliphatic rings. The van der Waals surface area contributed by atoms with Gasteiger partial charge in [0.1, 0.15) is 5.25 Å². The second-order valence-electron chi connectivity index (χ2n) is 5.76. The highest BCUT2D eigenvalue weighted by molar-refractivity contribution is 8.16. The summed E-state index contributed by atoms with van der Waals surface area (Å²) < 4.78 is 0. The summed E-state index contributed by atoms with van der Waals surface area (Å²) >= 11 is 1.17. The standard InChI is InChI=1S/C18H23N3O3S/c1-3-8-13(9-4-2)19-20-18-21(14-10-6-5-7-11-14)17(24)15(25-18)12-16(22)23/h5-7,10-11,15H,3-4,8-9,12H2,1-2H3,(H,22,23)/b20-18+. The number of hydrogen-bond donors (Lipinski definition) is 1. The molecule has 0 spiro atoms. The number of thioether (sulfide) groups is 1. The molecule has 1 saturated heterocycles. The number of carbonyl (C=O) groups is 2. The topological polar surface area (TPSA) is 82.3 Å². The first-order valence-electron chi connectivity index (χ1n) is 8.47. The predicted molar refractivity (Wildman–Crippen MR) is 102 cm³/mol. The molecule has 6 nitrogen and oxygen atoms in total. The summed E-state index contributed by atoms with van der Waals surface area (Å²) in [7, 11) is 0. The van der Waals surface area contributed by atoms with Crippen LogP contribution in [0.1, 0.15) is 46.0 Å². The minimum absolute atomic E-state index is 0.230. The number of nitrogens with zero attached hydrogens (tertiary/aromatic N) is 3. The van der Waals surface area contributed by atoms with Gasteiger partial charge >= 0.3 is 5.97 Å². The van der Waals surface area contributed by atoms with Crippen molar-refractivity contribution in [3.63, 3.8) is 0 Å². The number of amides is 1. The van der Waals surface area contributed by atoms with Crippen LogP contribution in [-0.2, 0) is 9.59 Å². The van der Waals surface area contributed by atoms with Crippen LogP contribution in [0.4, 0.5) is 5.69 Å². The molecular weight excluding hydrogens is 338 g/mol. The quantitative estimate of drug-likeness (QED) is 0.562. The third kappa shape index (κ3) is 5.16. The van der Waals surface area contributed by atoms with Crippen molar-refractivity contribution in [2.24, 2.45) is 10.2 Å². The average Bonchev–Trinajstić information content (AvgIpc) is 2.89. The fourth-order valence-electron chi connectivity index (χ4n) is 2.55. The number of anilines is 1. The van der Waals surface area contributed by atoms with Crippen LogP contribution in [0.2, 0.25) is 0 Å². The van der Waals surface area contributed by atoms with Gasteiger partial charge in [0.15, 0.2) is 5.17 Å². The fraction of sp³-hybridized carbons (Fsp3) is 0.444. The van der Waals surface area contributed by atoms with E-state index in [1.54, 1.807) is 12.1 Å². The van der Waals surface area contributed by atoms with E-state index in [-0.39, 0.29) is 12.3 Å². The Morgan fingerprint density at radius 3 is 2.40 bits per heavy atom. The van der Waals surface area contributed by atoms with Gasteiger partial charge in [-0.05, 0) is 25.0 Å². The molecule has 1 aliphatic heterocycles. The number of carboxylic acid groups (broad SMARTS) is 1. The number of aliphatic carboxylic acids is 1. The summed E-state index contributed by atoms with van der Waals surface area (Å²) in [6.07, 6.45) is 3.48. The molecule has 0 saturated carbocycles. The van der Waals surface area contributed by atoms with Crippen LogP contribution >= 0.6 is 11.8 Å². The summed E-state index contributed by atoms with van der Waals surface area (Å²) in [5.41, 5.74) is 1.68. The van der Waals surface area contributed by atoms with Crippen molar-refractivity contribution in [3.8, 4) is 0 Å². The van der Waals surface area contributed by atoms with Crippen LogP contribution in [0, 0.1) is 0 Å². The highest BCUT2D eigenvalue weighted by atomic mass is 32.2. The van der Waals surface area contributed by atoms with Crippen LogP contribution < -0.4 is 4.90 Å². The minimum Gasteiger partial charge on any atom is -0.481 e. The number of carboxylic acids is 1. The summed E-state index contributed by atoms with van der Waals surface area (Å²) in [4.78, 5) is 25.2. The number of benzene rings is 1. The highest BCUT2D eigenvalue weighted by Crippen LogP contribution is 2.33. The fourth-order valence-corrected chi connectivity index (χ4v) is 3.63. The van der Waals surface area contributed by atoms with Crippen molar-refractivity contribution < 1.29 is 14.7 Å². The molecule has 1 atom stereocenters. The molecule has 0 aromatic heterocycles. The van der Waals surface area contributed by atoms with Gasteiger partial charge in [-0.15, -0.1) is 5.10 Å². The molecule has 25 heavy (non-hydrogen) atoms. The number of rotatable bonds is 8. The van der Waals surface area contributed by atoms with E-state index >= 15 is 0 Å². The highest BCUT2D eigenvalue weighted by Gasteiger charge is 2.40. The lowest BCUT2D eigenvalue weighted by Crippen LogP contribution is -2.32. The van der Waals surface area contributed by atoms with E-state index in [1.165, 1.54) is 16.7 Å². The zero-order chi connectivity index (χ0) is 18.2. The Morgan fingerprint density at radius 2 is 1.84 bits per heavy atom. The minimum atomic E-state index is -0.999. The molecule has 0 aliphatic carbocycles. The lowest BCUT2D eigenvalue weighted by Gasteiger charge is -2.15. The summed E-state index contributed by atoms with van der Waals surface area (Å²) in [5.74, 6) is -1.26. The van der Waals surface area contributed by atoms with Gasteiger partial charge in [0, 0.05) is 5.71 Å². The first-order valence-corrected chi connectivity index (χ1v) is 9.35. The molecule has 1 heterocycles. The van der Waals surface area contributed by atoms with E-state index in [1.807, 2.05) is 18.2 Å². The van der Waals surface area contributed by atoms with Crippen LogP contribution in [-0.4, -0.2) is 33.1 Å². The van der Waals surface area contributed by atoms with E-state index in [9.17, 15) is 9.59 Å². The van der Waals surface area contributed by atoms with Crippen molar-refractivity contribution in [1.82, 2.24) is 0 Å². The van der Waals surface area contributed by atoms with E-state index in [2.05, 4.69) is 24.1 Å². The van der Waals surface area contributed by atoms with Gasteiger partial charge in [0.2, 0.25) is 5.91 Å². The Hall–Kier alpha value is -2.15. The van der Waals surface area contributed by atoms with Crippen molar-refractivity contribution in [3.05, 3.63) is 30.3 Å². The normalized spacial score (nSPS) is 18.6. The van der Waals surface area contributed by atoms with Crippen molar-refractivity contribution in [2.45, 2.75) is 51.2 Å². The molecular formula is C18H23N3O3S. The van der Waals surface area contributed by atoms with Crippen molar-refractivity contribution in [1.29, 1.82) is 0 Å². The summed E-state index contributed by atoms with van der Waals surface area (Å²) in [6.45, 7) is 4.18. The van der Waals surface area contributed by atoms with Crippen molar-refractivity contribution in [2.75, 3.05) is 4.90 Å². The number of carbonyl (C=O) groups excluding carboxylic acids is 1. The van der Waals surface area contributed by atoms with Gasteiger partial charge in [-0.25, -0.2) is 0 Å². The Bertz CT molecular complexity index is 665. The van der Waals surface area contributed by atoms with Gasteiger partial charge in [-0.1, -0.05) is 56.7 Å². The average molecular weight is 361 g/mol. The Morgan fingerprint density at radius 1 is 1.20 bits per heavy atom. The third-order valence-corrected chi connectivity index (χ3v) is 4.79. The Balaban J connectivity index is 2.34. The first-order chi connectivity index (χ1) is 12.1. The molecule has 0 bridgehead atoms. The predicted octanol–water partition coefficient (Wildman–Crippen LogP) is 3.92. The number of hydrogen-bond acceptors (Lipinski definition) is 5. The molecule has 0 radical (unpaired) electrons. The van der Waals surface area contributed by atoms with E-state index in [0.717, 1.165) is 31.4 Å². The molecule has 1 aromatic rings. The molecule has 1 fully saturated rings. The van der Waals surface area contributed by atoms with Gasteiger partial charge in [0.05, 0.1) is 12.1 Å². The number of para-hydroxylation sites is 1. The smallest absolute Gasteiger partial charge is 0.305 e.